The number of rotatable bonds is 2. The second-order valence-corrected chi connectivity index (χ2v) is 5.14. The molecule has 2 heterocycles. The number of nitrogens with zero attached hydrogens (tertiary/aromatic N) is 1. The maximum Gasteiger partial charge on any atom is 0.397 e. The van der Waals surface area contributed by atoms with Gasteiger partial charge in [-0.25, -0.2) is 0 Å². The predicted molar refractivity (Wildman–Crippen MR) is 57.7 cm³/mol. The summed E-state index contributed by atoms with van der Waals surface area (Å²) in [6, 6.07) is 0.243. The van der Waals surface area contributed by atoms with Gasteiger partial charge in [-0.2, -0.15) is 13.2 Å². The van der Waals surface area contributed by atoms with Crippen molar-refractivity contribution in [2.45, 2.75) is 31.5 Å². The average molecular weight is 252 g/mol. The molecule has 2 rings (SSSR count). The third-order valence-corrected chi connectivity index (χ3v) is 4.11. The van der Waals surface area contributed by atoms with Crippen molar-refractivity contribution in [3.8, 4) is 0 Å². The molecule has 1 atom stereocenters. The molecule has 17 heavy (non-hydrogen) atoms. The minimum atomic E-state index is -4.30. The molecule has 0 unspecified atom stereocenters. The molecule has 0 spiro atoms. The van der Waals surface area contributed by atoms with Crippen molar-refractivity contribution >= 4 is 0 Å². The molecule has 0 aromatic rings. The molecule has 2 saturated heterocycles. The van der Waals surface area contributed by atoms with Gasteiger partial charge >= 0.3 is 6.18 Å². The van der Waals surface area contributed by atoms with Gasteiger partial charge in [0.1, 0.15) is 5.41 Å². The van der Waals surface area contributed by atoms with Gasteiger partial charge in [0.15, 0.2) is 0 Å². The second kappa shape index (κ2) is 4.74. The summed E-state index contributed by atoms with van der Waals surface area (Å²) in [6.45, 7) is 1.36. The van der Waals surface area contributed by atoms with Crippen LogP contribution in [-0.4, -0.2) is 55.0 Å². The van der Waals surface area contributed by atoms with Crippen LogP contribution in [0, 0.1) is 5.41 Å². The lowest BCUT2D eigenvalue weighted by Crippen LogP contribution is -2.47. The Morgan fingerprint density at radius 1 is 1.29 bits per heavy atom. The van der Waals surface area contributed by atoms with E-state index >= 15 is 0 Å². The summed E-state index contributed by atoms with van der Waals surface area (Å²) in [4.78, 5) is 1.91. The molecule has 100 valence electrons. The Balaban J connectivity index is 2.02. The highest BCUT2D eigenvalue weighted by Gasteiger charge is 2.58. The highest BCUT2D eigenvalue weighted by Crippen LogP contribution is 2.45. The van der Waals surface area contributed by atoms with E-state index in [2.05, 4.69) is 5.32 Å². The fraction of sp³-hybridized carbons (Fsp3) is 1.00. The Kier molecular flexibility index (Phi) is 3.66. The Hall–Kier alpha value is -0.330. The third-order valence-electron chi connectivity index (χ3n) is 4.11. The molecule has 0 aromatic carbocycles. The van der Waals surface area contributed by atoms with Crippen LogP contribution in [0.4, 0.5) is 13.2 Å². The van der Waals surface area contributed by atoms with Crippen LogP contribution in [-0.2, 0) is 0 Å². The van der Waals surface area contributed by atoms with Gasteiger partial charge in [-0.1, -0.05) is 0 Å². The van der Waals surface area contributed by atoms with Crippen molar-refractivity contribution in [3.05, 3.63) is 0 Å². The minimum absolute atomic E-state index is 0.0247. The Morgan fingerprint density at radius 2 is 1.94 bits per heavy atom. The number of aliphatic hydroxyl groups excluding tert-OH is 1. The Bertz CT molecular complexity index is 266. The van der Waals surface area contributed by atoms with Crippen LogP contribution >= 0.6 is 0 Å². The number of aliphatic hydroxyl groups is 1. The number of halogens is 3. The largest absolute Gasteiger partial charge is 0.397 e. The summed E-state index contributed by atoms with van der Waals surface area (Å²) in [7, 11) is 0. The van der Waals surface area contributed by atoms with E-state index in [1.807, 2.05) is 4.90 Å². The molecule has 2 N–H and O–H groups in total. The van der Waals surface area contributed by atoms with Crippen LogP contribution in [0.1, 0.15) is 19.3 Å². The van der Waals surface area contributed by atoms with E-state index in [-0.39, 0.29) is 19.0 Å². The smallest absolute Gasteiger partial charge is 0.395 e. The normalized spacial score (nSPS) is 33.2. The quantitative estimate of drug-likeness (QED) is 0.769. The first kappa shape index (κ1) is 13.1. The van der Waals surface area contributed by atoms with Crippen LogP contribution in [0.2, 0.25) is 0 Å². The van der Waals surface area contributed by atoms with E-state index in [0.29, 0.717) is 6.54 Å². The number of hydrogen-bond donors (Lipinski definition) is 2. The summed E-state index contributed by atoms with van der Waals surface area (Å²) in [5, 5.41) is 12.3. The molecular formula is C11H19F3N2O. The first-order valence-corrected chi connectivity index (χ1v) is 6.11. The maximum absolute atomic E-state index is 13.0. The van der Waals surface area contributed by atoms with Gasteiger partial charge < -0.3 is 10.4 Å². The Labute approximate surface area is 99.0 Å². The van der Waals surface area contributed by atoms with Gasteiger partial charge in [0, 0.05) is 12.6 Å². The molecule has 0 saturated carbocycles. The molecule has 0 aromatic heterocycles. The lowest BCUT2D eigenvalue weighted by molar-refractivity contribution is -0.231. The lowest BCUT2D eigenvalue weighted by Gasteiger charge is -2.34. The lowest BCUT2D eigenvalue weighted by atomic mass is 9.87. The van der Waals surface area contributed by atoms with Crippen molar-refractivity contribution in [1.82, 2.24) is 10.2 Å². The Morgan fingerprint density at radius 3 is 2.41 bits per heavy atom. The molecular weight excluding hydrogens is 233 g/mol. The topological polar surface area (TPSA) is 35.5 Å². The zero-order chi connectivity index (χ0) is 12.5. The SMILES string of the molecule is OC[C@@]1(C(F)(F)F)CCN(C2CCNCC2)C1. The van der Waals surface area contributed by atoms with Crippen molar-refractivity contribution in [1.29, 1.82) is 0 Å². The number of nitrogens with one attached hydrogen (secondary N) is 1. The number of likely N-dealkylation sites (tertiary alicyclic amines) is 1. The van der Waals surface area contributed by atoms with Crippen molar-refractivity contribution in [2.24, 2.45) is 5.41 Å². The molecule has 0 radical (unpaired) electrons. The standard InChI is InChI=1S/C11H19F3N2O/c12-11(13,14)10(8-17)3-6-16(7-10)9-1-4-15-5-2-9/h9,15,17H,1-8H2/t10-/m1/s1. The maximum atomic E-state index is 13.0. The summed E-state index contributed by atoms with van der Waals surface area (Å²) in [5.74, 6) is 0. The average Bonchev–Trinajstić information content (AvgIpc) is 2.75. The molecule has 0 bridgehead atoms. The molecule has 0 aliphatic carbocycles. The summed E-state index contributed by atoms with van der Waals surface area (Å²) in [5.41, 5.74) is -1.89. The van der Waals surface area contributed by atoms with Crippen LogP contribution < -0.4 is 5.32 Å². The van der Waals surface area contributed by atoms with Crippen molar-refractivity contribution in [3.63, 3.8) is 0 Å². The highest BCUT2D eigenvalue weighted by molar-refractivity contribution is 4.97. The van der Waals surface area contributed by atoms with Crippen LogP contribution in [0.5, 0.6) is 0 Å². The van der Waals surface area contributed by atoms with E-state index in [9.17, 15) is 13.2 Å². The fourth-order valence-electron chi connectivity index (χ4n) is 2.84. The second-order valence-electron chi connectivity index (χ2n) is 5.14. The number of alkyl halides is 3. The highest BCUT2D eigenvalue weighted by atomic mass is 19.4. The fourth-order valence-corrected chi connectivity index (χ4v) is 2.84. The zero-order valence-electron chi connectivity index (χ0n) is 9.76. The van der Waals surface area contributed by atoms with Crippen LogP contribution in [0.25, 0.3) is 0 Å². The van der Waals surface area contributed by atoms with E-state index in [0.717, 1.165) is 25.9 Å². The zero-order valence-corrected chi connectivity index (χ0v) is 9.76. The molecule has 0 amide bonds. The van der Waals surface area contributed by atoms with Crippen LogP contribution in [0.3, 0.4) is 0 Å². The van der Waals surface area contributed by atoms with Gasteiger partial charge in [0.2, 0.25) is 0 Å². The molecule has 3 nitrogen and oxygen atoms in total. The first-order valence-electron chi connectivity index (χ1n) is 6.11. The summed E-state index contributed by atoms with van der Waals surface area (Å²) >= 11 is 0. The van der Waals surface area contributed by atoms with E-state index in [1.54, 1.807) is 0 Å². The summed E-state index contributed by atoms with van der Waals surface area (Å²) in [6.07, 6.45) is -2.47. The predicted octanol–water partition coefficient (Wildman–Crippen LogP) is 0.985. The van der Waals surface area contributed by atoms with Crippen LogP contribution in [0.15, 0.2) is 0 Å². The van der Waals surface area contributed by atoms with E-state index < -0.39 is 18.2 Å². The minimum Gasteiger partial charge on any atom is -0.395 e. The number of piperidine rings is 1. The van der Waals surface area contributed by atoms with Gasteiger partial charge in [-0.15, -0.1) is 0 Å². The molecule has 2 aliphatic heterocycles. The van der Waals surface area contributed by atoms with Gasteiger partial charge in [-0.05, 0) is 38.9 Å². The van der Waals surface area contributed by atoms with Gasteiger partial charge in [0.05, 0.1) is 6.61 Å². The van der Waals surface area contributed by atoms with Gasteiger partial charge in [-0.3, -0.25) is 4.90 Å². The number of hydrogen-bond acceptors (Lipinski definition) is 3. The molecule has 2 aliphatic rings. The van der Waals surface area contributed by atoms with Crippen molar-refractivity contribution in [2.75, 3.05) is 32.8 Å². The molecule has 6 heteroatoms. The summed E-state index contributed by atoms with van der Waals surface area (Å²) < 4.78 is 38.9. The van der Waals surface area contributed by atoms with Gasteiger partial charge in [0.25, 0.3) is 0 Å². The van der Waals surface area contributed by atoms with E-state index in [4.69, 9.17) is 5.11 Å². The third kappa shape index (κ3) is 2.44. The van der Waals surface area contributed by atoms with Crippen molar-refractivity contribution < 1.29 is 18.3 Å². The van der Waals surface area contributed by atoms with E-state index in [1.165, 1.54) is 0 Å². The first-order chi connectivity index (χ1) is 7.98. The molecule has 2 fully saturated rings. The monoisotopic (exact) mass is 252 g/mol.